The summed E-state index contributed by atoms with van der Waals surface area (Å²) in [6.45, 7) is 6.11. The second kappa shape index (κ2) is 8.25. The molecule has 1 N–H and O–H groups in total. The number of hydrogen-bond donors (Lipinski definition) is 1. The molecule has 1 fully saturated rings. The van der Waals surface area contributed by atoms with Gasteiger partial charge in [0.25, 0.3) is 0 Å². The number of rotatable bonds is 7. The number of amides is 1. The zero-order valence-corrected chi connectivity index (χ0v) is 16.2. The molecule has 0 spiro atoms. The molecule has 1 amide bonds. The summed E-state index contributed by atoms with van der Waals surface area (Å²) in [5.41, 5.74) is 1.10. The number of carbonyl (C=O) groups excluding carboxylic acids is 1. The lowest BCUT2D eigenvalue weighted by molar-refractivity contribution is -0.131. The third-order valence-electron chi connectivity index (χ3n) is 4.55. The van der Waals surface area contributed by atoms with Gasteiger partial charge in [-0.1, -0.05) is 13.8 Å². The van der Waals surface area contributed by atoms with Crippen molar-refractivity contribution < 1.29 is 13.2 Å². The number of nitrogens with one attached hydrogen (secondary N) is 1. The summed E-state index contributed by atoms with van der Waals surface area (Å²) in [7, 11) is -1.39. The van der Waals surface area contributed by atoms with E-state index in [1.165, 1.54) is 0 Å². The molecule has 2 heterocycles. The Bertz CT molecular complexity index is 678. The molecular weight excluding hydrogens is 340 g/mol. The molecule has 2 atom stereocenters. The minimum atomic E-state index is -3.29. The molecule has 0 radical (unpaired) electrons. The summed E-state index contributed by atoms with van der Waals surface area (Å²) in [6, 6.07) is 3.64. The maximum Gasteiger partial charge on any atom is 0.236 e. The van der Waals surface area contributed by atoms with Crippen molar-refractivity contribution in [2.24, 2.45) is 11.8 Å². The van der Waals surface area contributed by atoms with E-state index in [9.17, 15) is 13.2 Å². The van der Waals surface area contributed by atoms with E-state index in [4.69, 9.17) is 0 Å². The number of likely N-dealkylation sites (tertiary alicyclic amines) is 1. The standard InChI is InChI=1S/C17H28N4O3S/c1-13(2)15-10-21(11-16(15)19-25(4,23)24)17(22)12-20(3)9-14-5-7-18-8-6-14/h5-8,13,15-16,19H,9-12H2,1-4H3/t15-,16+/m0/s1. The van der Waals surface area contributed by atoms with E-state index in [0.29, 0.717) is 32.1 Å². The van der Waals surface area contributed by atoms with Crippen LogP contribution in [0.3, 0.4) is 0 Å². The molecular formula is C17H28N4O3S. The van der Waals surface area contributed by atoms with Crippen LogP contribution in [-0.4, -0.2) is 68.1 Å². The maximum absolute atomic E-state index is 12.6. The number of likely N-dealkylation sites (N-methyl/N-ethyl adjacent to an activating group) is 1. The Morgan fingerprint density at radius 1 is 1.36 bits per heavy atom. The molecule has 0 unspecified atom stereocenters. The SMILES string of the molecule is CC(C)[C@@H]1CN(C(=O)CN(C)Cc2ccncc2)C[C@H]1NS(C)(=O)=O. The zero-order valence-electron chi connectivity index (χ0n) is 15.3. The predicted octanol–water partition coefficient (Wildman–Crippen LogP) is 0.546. The molecule has 2 rings (SSSR count). The number of hydrogen-bond acceptors (Lipinski definition) is 5. The van der Waals surface area contributed by atoms with Crippen molar-refractivity contribution in [3.05, 3.63) is 30.1 Å². The first kappa shape index (κ1) is 19.8. The molecule has 0 aromatic carbocycles. The van der Waals surface area contributed by atoms with Crippen LogP contribution in [0.4, 0.5) is 0 Å². The molecule has 8 heteroatoms. The van der Waals surface area contributed by atoms with Gasteiger partial charge in [-0.3, -0.25) is 14.7 Å². The first-order valence-corrected chi connectivity index (χ1v) is 10.4. The van der Waals surface area contributed by atoms with E-state index in [1.807, 2.05) is 24.1 Å². The van der Waals surface area contributed by atoms with E-state index < -0.39 is 10.0 Å². The molecule has 1 aliphatic heterocycles. The predicted molar refractivity (Wildman–Crippen MR) is 97.2 cm³/mol. The molecule has 140 valence electrons. The highest BCUT2D eigenvalue weighted by Crippen LogP contribution is 2.25. The monoisotopic (exact) mass is 368 g/mol. The van der Waals surface area contributed by atoms with Crippen LogP contribution in [0.1, 0.15) is 19.4 Å². The number of aromatic nitrogens is 1. The lowest BCUT2D eigenvalue weighted by Gasteiger charge is -2.22. The molecule has 0 aliphatic carbocycles. The first-order chi connectivity index (χ1) is 11.7. The fraction of sp³-hybridized carbons (Fsp3) is 0.647. The summed E-state index contributed by atoms with van der Waals surface area (Å²) in [5.74, 6) is 0.454. The lowest BCUT2D eigenvalue weighted by Crippen LogP contribution is -2.42. The quantitative estimate of drug-likeness (QED) is 0.760. The lowest BCUT2D eigenvalue weighted by atomic mass is 9.92. The Morgan fingerprint density at radius 3 is 2.56 bits per heavy atom. The van der Waals surface area contributed by atoms with Crippen molar-refractivity contribution in [1.29, 1.82) is 0 Å². The second-order valence-electron chi connectivity index (χ2n) is 7.23. The van der Waals surface area contributed by atoms with E-state index in [2.05, 4.69) is 23.6 Å². The molecule has 1 aromatic heterocycles. The van der Waals surface area contributed by atoms with Crippen LogP contribution in [-0.2, 0) is 21.4 Å². The van der Waals surface area contributed by atoms with Gasteiger partial charge in [-0.2, -0.15) is 0 Å². The van der Waals surface area contributed by atoms with Crippen molar-refractivity contribution in [3.63, 3.8) is 0 Å². The highest BCUT2D eigenvalue weighted by atomic mass is 32.2. The van der Waals surface area contributed by atoms with E-state index in [0.717, 1.165) is 11.8 Å². The van der Waals surface area contributed by atoms with Gasteiger partial charge in [-0.15, -0.1) is 0 Å². The largest absolute Gasteiger partial charge is 0.340 e. The number of carbonyl (C=O) groups is 1. The fourth-order valence-corrected chi connectivity index (χ4v) is 4.09. The van der Waals surface area contributed by atoms with Gasteiger partial charge in [0.15, 0.2) is 0 Å². The normalized spacial score (nSPS) is 21.3. The van der Waals surface area contributed by atoms with Gasteiger partial charge in [0.2, 0.25) is 15.9 Å². The summed E-state index contributed by atoms with van der Waals surface area (Å²) < 4.78 is 25.9. The number of sulfonamides is 1. The van der Waals surface area contributed by atoms with Gasteiger partial charge in [0.05, 0.1) is 12.8 Å². The molecule has 25 heavy (non-hydrogen) atoms. The Hall–Kier alpha value is -1.51. The summed E-state index contributed by atoms with van der Waals surface area (Å²) in [5, 5.41) is 0. The Labute approximate surface area is 150 Å². The average Bonchev–Trinajstić information content (AvgIpc) is 2.90. The van der Waals surface area contributed by atoms with Crippen LogP contribution in [0.15, 0.2) is 24.5 Å². The third kappa shape index (κ3) is 6.05. The molecule has 7 nitrogen and oxygen atoms in total. The molecule has 1 aromatic rings. The highest BCUT2D eigenvalue weighted by molar-refractivity contribution is 7.88. The van der Waals surface area contributed by atoms with Crippen molar-refractivity contribution in [2.75, 3.05) is 32.9 Å². The van der Waals surface area contributed by atoms with Crippen LogP contribution in [0, 0.1) is 11.8 Å². The maximum atomic E-state index is 12.6. The molecule has 1 aliphatic rings. The van der Waals surface area contributed by atoms with Gasteiger partial charge < -0.3 is 4.90 Å². The van der Waals surface area contributed by atoms with Crippen LogP contribution in [0.2, 0.25) is 0 Å². The van der Waals surface area contributed by atoms with Crippen LogP contribution in [0.5, 0.6) is 0 Å². The van der Waals surface area contributed by atoms with Crippen LogP contribution in [0.25, 0.3) is 0 Å². The molecule has 1 saturated heterocycles. The van der Waals surface area contributed by atoms with Gasteiger partial charge in [0, 0.05) is 38.1 Å². The minimum absolute atomic E-state index is 0.0278. The number of nitrogens with zero attached hydrogens (tertiary/aromatic N) is 3. The average molecular weight is 369 g/mol. The summed E-state index contributed by atoms with van der Waals surface area (Å²) >= 11 is 0. The Kier molecular flexibility index (Phi) is 6.53. The van der Waals surface area contributed by atoms with Crippen molar-refractivity contribution >= 4 is 15.9 Å². The van der Waals surface area contributed by atoms with Crippen LogP contribution >= 0.6 is 0 Å². The Balaban J connectivity index is 1.95. The van der Waals surface area contributed by atoms with Gasteiger partial charge in [-0.25, -0.2) is 13.1 Å². The van der Waals surface area contributed by atoms with Gasteiger partial charge in [0.1, 0.15) is 0 Å². The van der Waals surface area contributed by atoms with E-state index >= 15 is 0 Å². The Morgan fingerprint density at radius 2 is 2.00 bits per heavy atom. The van der Waals surface area contributed by atoms with Crippen molar-refractivity contribution in [1.82, 2.24) is 19.5 Å². The number of pyridine rings is 1. The summed E-state index contributed by atoms with van der Waals surface area (Å²) in [6.07, 6.45) is 4.64. The van der Waals surface area contributed by atoms with Crippen molar-refractivity contribution in [2.45, 2.75) is 26.4 Å². The van der Waals surface area contributed by atoms with Gasteiger partial charge in [-0.05, 0) is 36.6 Å². The highest BCUT2D eigenvalue weighted by Gasteiger charge is 2.38. The van der Waals surface area contributed by atoms with Crippen molar-refractivity contribution in [3.8, 4) is 0 Å². The smallest absolute Gasteiger partial charge is 0.236 e. The summed E-state index contributed by atoms with van der Waals surface area (Å²) in [4.78, 5) is 20.3. The van der Waals surface area contributed by atoms with E-state index in [-0.39, 0.29) is 17.9 Å². The molecule has 0 saturated carbocycles. The third-order valence-corrected chi connectivity index (χ3v) is 5.28. The first-order valence-electron chi connectivity index (χ1n) is 8.48. The fourth-order valence-electron chi connectivity index (χ4n) is 3.29. The van der Waals surface area contributed by atoms with Gasteiger partial charge >= 0.3 is 0 Å². The second-order valence-corrected chi connectivity index (χ2v) is 9.01. The zero-order chi connectivity index (χ0) is 18.6. The molecule has 0 bridgehead atoms. The topological polar surface area (TPSA) is 82.6 Å². The van der Waals surface area contributed by atoms with Crippen LogP contribution < -0.4 is 4.72 Å². The minimum Gasteiger partial charge on any atom is -0.340 e. The van der Waals surface area contributed by atoms with E-state index in [1.54, 1.807) is 17.3 Å².